The van der Waals surface area contributed by atoms with Crippen LogP contribution in [0, 0.1) is 27.3 Å². The highest BCUT2D eigenvalue weighted by molar-refractivity contribution is 6.09. The third kappa shape index (κ3) is 5.74. The van der Waals surface area contributed by atoms with Crippen LogP contribution in [-0.4, -0.2) is 10.8 Å². The summed E-state index contributed by atoms with van der Waals surface area (Å²) in [6.45, 7) is 0.102. The molecule has 0 spiro atoms. The molecule has 0 bridgehead atoms. The number of rotatable bonds is 7. The lowest BCUT2D eigenvalue weighted by molar-refractivity contribution is -0.384. The van der Waals surface area contributed by atoms with Gasteiger partial charge in [0.15, 0.2) is 0 Å². The Balaban J connectivity index is 1.79. The van der Waals surface area contributed by atoms with E-state index in [0.29, 0.717) is 16.9 Å². The summed E-state index contributed by atoms with van der Waals surface area (Å²) in [5, 5.41) is 22.8. The third-order valence-corrected chi connectivity index (χ3v) is 4.18. The predicted octanol–water partition coefficient (Wildman–Crippen LogP) is 4.86. The number of halogens is 1. The van der Waals surface area contributed by atoms with Gasteiger partial charge in [-0.15, -0.1) is 0 Å². The van der Waals surface area contributed by atoms with Gasteiger partial charge in [-0.25, -0.2) is 4.39 Å². The number of carbonyl (C=O) groups excluding carboxylic acids is 1. The van der Waals surface area contributed by atoms with Crippen LogP contribution in [0.4, 0.5) is 15.8 Å². The molecule has 0 radical (unpaired) electrons. The van der Waals surface area contributed by atoms with Gasteiger partial charge < -0.3 is 10.1 Å². The molecule has 0 aromatic heterocycles. The molecule has 31 heavy (non-hydrogen) atoms. The zero-order chi connectivity index (χ0) is 22.2. The molecule has 154 valence electrons. The molecule has 0 fully saturated rings. The Bertz CT molecular complexity index is 1200. The Morgan fingerprint density at radius 2 is 1.90 bits per heavy atom. The van der Waals surface area contributed by atoms with E-state index in [-0.39, 0.29) is 29.4 Å². The summed E-state index contributed by atoms with van der Waals surface area (Å²) in [4.78, 5) is 22.8. The van der Waals surface area contributed by atoms with Gasteiger partial charge >= 0.3 is 0 Å². The first kappa shape index (κ1) is 21.2. The van der Waals surface area contributed by atoms with Gasteiger partial charge in [-0.2, -0.15) is 5.26 Å². The topological polar surface area (TPSA) is 105 Å². The molecular formula is C23H16FN3O4. The van der Waals surface area contributed by atoms with Crippen molar-refractivity contribution in [1.82, 2.24) is 0 Å². The van der Waals surface area contributed by atoms with E-state index in [1.165, 1.54) is 42.5 Å². The summed E-state index contributed by atoms with van der Waals surface area (Å²) in [7, 11) is 0. The summed E-state index contributed by atoms with van der Waals surface area (Å²) in [6.07, 6.45) is 1.35. The SMILES string of the molecule is N#C/C(=C\c1ccccc1OCc1cccc(F)c1)C(=O)Nc1cccc([N+](=O)[O-])c1. The van der Waals surface area contributed by atoms with E-state index in [1.54, 1.807) is 36.4 Å². The van der Waals surface area contributed by atoms with Crippen LogP contribution >= 0.6 is 0 Å². The number of non-ortho nitro benzene ring substituents is 1. The molecule has 0 aliphatic rings. The normalized spacial score (nSPS) is 10.8. The first-order chi connectivity index (χ1) is 15.0. The van der Waals surface area contributed by atoms with E-state index in [1.807, 2.05) is 6.07 Å². The van der Waals surface area contributed by atoms with Crippen molar-refractivity contribution < 1.29 is 18.8 Å². The Morgan fingerprint density at radius 1 is 1.13 bits per heavy atom. The molecule has 0 aliphatic heterocycles. The number of nitro benzene ring substituents is 1. The molecule has 1 N–H and O–H groups in total. The van der Waals surface area contributed by atoms with Crippen LogP contribution in [0.5, 0.6) is 5.75 Å². The molecule has 0 atom stereocenters. The van der Waals surface area contributed by atoms with Crippen molar-refractivity contribution in [2.24, 2.45) is 0 Å². The van der Waals surface area contributed by atoms with Crippen molar-refractivity contribution in [3.05, 3.63) is 105 Å². The summed E-state index contributed by atoms with van der Waals surface area (Å²) < 4.78 is 19.1. The van der Waals surface area contributed by atoms with E-state index in [9.17, 15) is 24.6 Å². The Morgan fingerprint density at radius 3 is 2.65 bits per heavy atom. The van der Waals surface area contributed by atoms with Gasteiger partial charge in [-0.1, -0.05) is 36.4 Å². The van der Waals surface area contributed by atoms with Crippen molar-refractivity contribution in [2.75, 3.05) is 5.32 Å². The number of ether oxygens (including phenoxy) is 1. The number of nitrogens with zero attached hydrogens (tertiary/aromatic N) is 2. The molecule has 3 aromatic rings. The van der Waals surface area contributed by atoms with Gasteiger partial charge in [-0.3, -0.25) is 14.9 Å². The van der Waals surface area contributed by atoms with E-state index in [0.717, 1.165) is 0 Å². The molecule has 0 unspecified atom stereocenters. The Hall–Kier alpha value is -4.51. The Labute approximate surface area is 177 Å². The average Bonchev–Trinajstić information content (AvgIpc) is 2.76. The molecule has 0 saturated carbocycles. The van der Waals surface area contributed by atoms with Gasteiger partial charge in [0.25, 0.3) is 11.6 Å². The van der Waals surface area contributed by atoms with Gasteiger partial charge in [0, 0.05) is 23.4 Å². The number of hydrogen-bond acceptors (Lipinski definition) is 5. The van der Waals surface area contributed by atoms with Crippen molar-refractivity contribution in [1.29, 1.82) is 5.26 Å². The lowest BCUT2D eigenvalue weighted by Gasteiger charge is -2.10. The minimum Gasteiger partial charge on any atom is -0.488 e. The third-order valence-electron chi connectivity index (χ3n) is 4.18. The van der Waals surface area contributed by atoms with Crippen LogP contribution in [0.15, 0.2) is 78.4 Å². The molecule has 0 heterocycles. The van der Waals surface area contributed by atoms with Crippen molar-refractivity contribution >= 4 is 23.4 Å². The molecule has 7 nitrogen and oxygen atoms in total. The first-order valence-electron chi connectivity index (χ1n) is 9.10. The minimum absolute atomic E-state index is 0.102. The van der Waals surface area contributed by atoms with E-state index in [2.05, 4.69) is 5.32 Å². The largest absolute Gasteiger partial charge is 0.488 e. The van der Waals surface area contributed by atoms with Gasteiger partial charge in [0.05, 0.1) is 4.92 Å². The van der Waals surface area contributed by atoms with E-state index >= 15 is 0 Å². The number of para-hydroxylation sites is 1. The van der Waals surface area contributed by atoms with Crippen LogP contribution in [0.1, 0.15) is 11.1 Å². The second kappa shape index (κ2) is 9.80. The number of anilines is 1. The lowest BCUT2D eigenvalue weighted by Crippen LogP contribution is -2.13. The maximum absolute atomic E-state index is 13.3. The lowest BCUT2D eigenvalue weighted by atomic mass is 10.1. The average molecular weight is 417 g/mol. The van der Waals surface area contributed by atoms with Crippen molar-refractivity contribution in [3.8, 4) is 11.8 Å². The quantitative estimate of drug-likeness (QED) is 0.256. The number of benzene rings is 3. The van der Waals surface area contributed by atoms with Crippen LogP contribution in [0.2, 0.25) is 0 Å². The number of amides is 1. The molecule has 8 heteroatoms. The van der Waals surface area contributed by atoms with Crippen molar-refractivity contribution in [3.63, 3.8) is 0 Å². The second-order valence-electron chi connectivity index (χ2n) is 6.39. The summed E-state index contributed by atoms with van der Waals surface area (Å²) in [6, 6.07) is 20.0. The molecule has 1 amide bonds. The first-order valence-corrected chi connectivity index (χ1v) is 9.10. The highest BCUT2D eigenvalue weighted by atomic mass is 19.1. The highest BCUT2D eigenvalue weighted by Crippen LogP contribution is 2.23. The molecule has 0 aliphatic carbocycles. The number of nitro groups is 1. The van der Waals surface area contributed by atoms with Gasteiger partial charge in [-0.05, 0) is 35.9 Å². The Kier molecular flexibility index (Phi) is 6.71. The zero-order valence-electron chi connectivity index (χ0n) is 16.1. The van der Waals surface area contributed by atoms with E-state index < -0.39 is 10.8 Å². The summed E-state index contributed by atoms with van der Waals surface area (Å²) in [5.41, 5.74) is 0.896. The fourth-order valence-corrected chi connectivity index (χ4v) is 2.72. The van der Waals surface area contributed by atoms with Gasteiger partial charge in [0.1, 0.15) is 29.8 Å². The fraction of sp³-hybridized carbons (Fsp3) is 0.0435. The highest BCUT2D eigenvalue weighted by Gasteiger charge is 2.13. The standard InChI is InChI=1S/C23H16FN3O4/c24-19-7-3-5-16(11-19)15-31-22-10-2-1-6-17(22)12-18(14-25)23(28)26-20-8-4-9-21(13-20)27(29)30/h1-13H,15H2,(H,26,28)/b18-12+. The number of nitrogens with one attached hydrogen (secondary N) is 1. The maximum atomic E-state index is 13.3. The molecule has 3 aromatic carbocycles. The zero-order valence-corrected chi connectivity index (χ0v) is 16.1. The smallest absolute Gasteiger partial charge is 0.271 e. The molecule has 0 saturated heterocycles. The number of carbonyl (C=O) groups is 1. The minimum atomic E-state index is -0.720. The van der Waals surface area contributed by atoms with Crippen LogP contribution in [-0.2, 0) is 11.4 Å². The van der Waals surface area contributed by atoms with Gasteiger partial charge in [0.2, 0.25) is 0 Å². The molecule has 3 rings (SSSR count). The van der Waals surface area contributed by atoms with Crippen molar-refractivity contribution in [2.45, 2.75) is 6.61 Å². The van der Waals surface area contributed by atoms with Crippen LogP contribution < -0.4 is 10.1 Å². The molecular weight excluding hydrogens is 401 g/mol. The van der Waals surface area contributed by atoms with Crippen LogP contribution in [0.3, 0.4) is 0 Å². The maximum Gasteiger partial charge on any atom is 0.271 e. The summed E-state index contributed by atoms with van der Waals surface area (Å²) >= 11 is 0. The monoisotopic (exact) mass is 417 g/mol. The predicted molar refractivity (Wildman–Crippen MR) is 112 cm³/mol. The fourth-order valence-electron chi connectivity index (χ4n) is 2.72. The number of hydrogen-bond donors (Lipinski definition) is 1. The van der Waals surface area contributed by atoms with E-state index in [4.69, 9.17) is 4.74 Å². The summed E-state index contributed by atoms with van der Waals surface area (Å²) in [5.74, 6) is -0.690. The van der Waals surface area contributed by atoms with Crippen LogP contribution in [0.25, 0.3) is 6.08 Å². The number of nitriles is 1. The second-order valence-corrected chi connectivity index (χ2v) is 6.39.